The van der Waals surface area contributed by atoms with Gasteiger partial charge in [0.2, 0.25) is 0 Å². The summed E-state index contributed by atoms with van der Waals surface area (Å²) in [5.41, 5.74) is 2.00. The molecule has 1 unspecified atom stereocenters. The number of ether oxygens (including phenoxy) is 1. The maximum absolute atomic E-state index is 13.4. The Bertz CT molecular complexity index is 1430. The molecule has 1 aliphatic rings. The fraction of sp³-hybridized carbons (Fsp3) is 0.207. The molecule has 1 fully saturated rings. The van der Waals surface area contributed by atoms with Crippen LogP contribution in [-0.2, 0) is 15.0 Å². The molecule has 0 spiro atoms. The number of amides is 1. The van der Waals surface area contributed by atoms with Crippen molar-refractivity contribution >= 4 is 23.1 Å². The number of ketones is 1. The van der Waals surface area contributed by atoms with Crippen molar-refractivity contribution in [3.8, 4) is 17.6 Å². The van der Waals surface area contributed by atoms with Crippen LogP contribution in [-0.4, -0.2) is 29.0 Å². The minimum Gasteiger partial charge on any atom is -0.508 e. The molecule has 0 saturated carbocycles. The lowest BCUT2D eigenvalue weighted by Gasteiger charge is -2.26. The SMILES string of the molecule is COc1ccc(/C(O)=C2/C(=O)C(=O)N(c3ccc(C#N)cc3)C2c2cccc(O)c2)cc1C(C)(C)C. The number of carbonyl (C=O) groups excluding carboxylic acids is 2. The predicted molar refractivity (Wildman–Crippen MR) is 136 cm³/mol. The molecule has 182 valence electrons. The number of hydrogen-bond donors (Lipinski definition) is 2. The first-order chi connectivity index (χ1) is 17.1. The van der Waals surface area contributed by atoms with Crippen LogP contribution in [0.15, 0.2) is 72.3 Å². The normalized spacial score (nSPS) is 17.2. The molecule has 1 saturated heterocycles. The second kappa shape index (κ2) is 9.23. The number of aliphatic hydroxyl groups excluding tert-OH is 1. The molecule has 1 heterocycles. The molecular weight excluding hydrogens is 456 g/mol. The van der Waals surface area contributed by atoms with Gasteiger partial charge in [0.05, 0.1) is 30.4 Å². The first-order valence-corrected chi connectivity index (χ1v) is 11.4. The average Bonchev–Trinajstić information content (AvgIpc) is 3.13. The molecule has 1 amide bonds. The first-order valence-electron chi connectivity index (χ1n) is 11.4. The number of hydrogen-bond acceptors (Lipinski definition) is 6. The summed E-state index contributed by atoms with van der Waals surface area (Å²) in [6.45, 7) is 6.02. The summed E-state index contributed by atoms with van der Waals surface area (Å²) in [5, 5.41) is 30.7. The smallest absolute Gasteiger partial charge is 0.300 e. The lowest BCUT2D eigenvalue weighted by atomic mass is 9.84. The van der Waals surface area contributed by atoms with E-state index in [9.17, 15) is 19.8 Å². The summed E-state index contributed by atoms with van der Waals surface area (Å²) < 4.78 is 5.49. The zero-order valence-corrected chi connectivity index (χ0v) is 20.4. The molecule has 3 aromatic carbocycles. The van der Waals surface area contributed by atoms with Crippen LogP contribution in [0.25, 0.3) is 5.76 Å². The number of benzene rings is 3. The highest BCUT2D eigenvalue weighted by Gasteiger charge is 2.47. The molecule has 36 heavy (non-hydrogen) atoms. The van der Waals surface area contributed by atoms with Gasteiger partial charge in [-0.05, 0) is 65.6 Å². The maximum Gasteiger partial charge on any atom is 0.300 e. The summed E-state index contributed by atoms with van der Waals surface area (Å²) >= 11 is 0. The Hall–Kier alpha value is -4.57. The quantitative estimate of drug-likeness (QED) is 0.301. The Labute approximate surface area is 209 Å². The van der Waals surface area contributed by atoms with Crippen LogP contribution in [0.3, 0.4) is 0 Å². The third-order valence-electron chi connectivity index (χ3n) is 6.19. The summed E-state index contributed by atoms with van der Waals surface area (Å²) in [7, 11) is 1.56. The Kier molecular flexibility index (Phi) is 6.30. The maximum atomic E-state index is 13.4. The van der Waals surface area contributed by atoms with E-state index >= 15 is 0 Å². The van der Waals surface area contributed by atoms with Crippen LogP contribution in [0.1, 0.15) is 49.1 Å². The van der Waals surface area contributed by atoms with Crippen molar-refractivity contribution in [1.82, 2.24) is 0 Å². The molecule has 3 aromatic rings. The molecule has 0 bridgehead atoms. The van der Waals surface area contributed by atoms with Gasteiger partial charge in [-0.25, -0.2) is 0 Å². The number of aliphatic hydroxyl groups is 1. The Morgan fingerprint density at radius 1 is 1.03 bits per heavy atom. The largest absolute Gasteiger partial charge is 0.508 e. The van der Waals surface area contributed by atoms with Crippen LogP contribution in [0.2, 0.25) is 0 Å². The summed E-state index contributed by atoms with van der Waals surface area (Å²) in [4.78, 5) is 27.9. The molecule has 0 radical (unpaired) electrons. The van der Waals surface area contributed by atoms with Gasteiger partial charge in [-0.1, -0.05) is 32.9 Å². The summed E-state index contributed by atoms with van der Waals surface area (Å²) in [6.07, 6.45) is 0. The van der Waals surface area contributed by atoms with Crippen molar-refractivity contribution < 1.29 is 24.5 Å². The molecule has 7 heteroatoms. The van der Waals surface area contributed by atoms with Gasteiger partial charge in [-0.3, -0.25) is 14.5 Å². The zero-order chi connectivity index (χ0) is 26.2. The van der Waals surface area contributed by atoms with E-state index in [4.69, 9.17) is 10.00 Å². The van der Waals surface area contributed by atoms with Crippen molar-refractivity contribution in [2.45, 2.75) is 32.2 Å². The van der Waals surface area contributed by atoms with Crippen molar-refractivity contribution in [1.29, 1.82) is 5.26 Å². The van der Waals surface area contributed by atoms with Crippen molar-refractivity contribution in [2.75, 3.05) is 12.0 Å². The number of rotatable bonds is 4. The van der Waals surface area contributed by atoms with Gasteiger partial charge in [-0.15, -0.1) is 0 Å². The Morgan fingerprint density at radius 2 is 1.72 bits per heavy atom. The molecular formula is C29H26N2O5. The lowest BCUT2D eigenvalue weighted by molar-refractivity contribution is -0.132. The number of nitrogens with zero attached hydrogens (tertiary/aromatic N) is 2. The highest BCUT2D eigenvalue weighted by molar-refractivity contribution is 6.51. The fourth-order valence-electron chi connectivity index (χ4n) is 4.40. The minimum absolute atomic E-state index is 0.0441. The Morgan fingerprint density at radius 3 is 2.31 bits per heavy atom. The minimum atomic E-state index is -0.995. The lowest BCUT2D eigenvalue weighted by Crippen LogP contribution is -2.29. The molecule has 1 aliphatic heterocycles. The van der Waals surface area contributed by atoms with E-state index in [1.54, 1.807) is 61.7 Å². The topological polar surface area (TPSA) is 111 Å². The van der Waals surface area contributed by atoms with Crippen molar-refractivity contribution in [3.63, 3.8) is 0 Å². The van der Waals surface area contributed by atoms with Crippen LogP contribution >= 0.6 is 0 Å². The van der Waals surface area contributed by atoms with Gasteiger partial charge < -0.3 is 14.9 Å². The number of methoxy groups -OCH3 is 1. The molecule has 0 aliphatic carbocycles. The summed E-state index contributed by atoms with van der Waals surface area (Å²) in [6, 6.07) is 18.6. The Balaban J connectivity index is 1.96. The third kappa shape index (κ3) is 4.29. The number of phenols is 1. The molecule has 4 rings (SSSR count). The fourth-order valence-corrected chi connectivity index (χ4v) is 4.40. The number of phenolic OH excluding ortho intramolecular Hbond substituents is 1. The molecule has 2 N–H and O–H groups in total. The van der Waals surface area contributed by atoms with E-state index in [0.29, 0.717) is 28.1 Å². The highest BCUT2D eigenvalue weighted by Crippen LogP contribution is 2.43. The predicted octanol–water partition coefficient (Wildman–Crippen LogP) is 5.20. The molecule has 0 aromatic heterocycles. The van der Waals surface area contributed by atoms with E-state index in [-0.39, 0.29) is 22.5 Å². The van der Waals surface area contributed by atoms with Gasteiger partial charge in [0, 0.05) is 16.8 Å². The number of aromatic hydroxyl groups is 1. The van der Waals surface area contributed by atoms with Crippen molar-refractivity contribution in [2.24, 2.45) is 0 Å². The number of carbonyl (C=O) groups is 2. The van der Waals surface area contributed by atoms with Crippen LogP contribution in [0.4, 0.5) is 5.69 Å². The summed E-state index contributed by atoms with van der Waals surface area (Å²) in [5.74, 6) is -1.40. The second-order valence-corrected chi connectivity index (χ2v) is 9.59. The second-order valence-electron chi connectivity index (χ2n) is 9.59. The number of Topliss-reactive ketones (excluding diaryl/α,β-unsaturated/α-hetero) is 1. The van der Waals surface area contributed by atoms with Crippen molar-refractivity contribution in [3.05, 3.63) is 94.6 Å². The van der Waals surface area contributed by atoms with Crippen LogP contribution < -0.4 is 9.64 Å². The molecule has 1 atom stereocenters. The van der Waals surface area contributed by atoms with Gasteiger partial charge in [0.25, 0.3) is 11.7 Å². The van der Waals surface area contributed by atoms with E-state index < -0.39 is 17.7 Å². The zero-order valence-electron chi connectivity index (χ0n) is 20.4. The average molecular weight is 483 g/mol. The van der Waals surface area contributed by atoms with E-state index in [1.807, 2.05) is 26.8 Å². The van der Waals surface area contributed by atoms with Gasteiger partial charge in [0.15, 0.2) is 0 Å². The van der Waals surface area contributed by atoms with E-state index in [2.05, 4.69) is 0 Å². The standard InChI is InChI=1S/C29H26N2O5/c1-29(2,3)22-15-19(10-13-23(22)36-4)26(33)24-25(18-6-5-7-21(32)14-18)31(28(35)27(24)34)20-11-8-17(16-30)9-12-20/h5-15,25,32-33H,1-4H3/b26-24-. The number of anilines is 1. The highest BCUT2D eigenvalue weighted by atomic mass is 16.5. The molecule has 7 nitrogen and oxygen atoms in total. The number of nitriles is 1. The van der Waals surface area contributed by atoms with Crippen LogP contribution in [0, 0.1) is 11.3 Å². The van der Waals surface area contributed by atoms with Gasteiger partial charge in [-0.2, -0.15) is 5.26 Å². The van der Waals surface area contributed by atoms with Crippen LogP contribution in [0.5, 0.6) is 11.5 Å². The van der Waals surface area contributed by atoms with Gasteiger partial charge in [0.1, 0.15) is 17.3 Å². The van der Waals surface area contributed by atoms with E-state index in [0.717, 1.165) is 5.56 Å². The third-order valence-corrected chi connectivity index (χ3v) is 6.19. The first kappa shape index (κ1) is 24.6. The van der Waals surface area contributed by atoms with E-state index in [1.165, 1.54) is 17.0 Å². The monoisotopic (exact) mass is 482 g/mol. The van der Waals surface area contributed by atoms with Gasteiger partial charge >= 0.3 is 0 Å².